The van der Waals surface area contributed by atoms with E-state index in [9.17, 15) is 0 Å². The van der Waals surface area contributed by atoms with E-state index >= 15 is 0 Å². The van der Waals surface area contributed by atoms with Crippen LogP contribution in [0.4, 0.5) is 5.69 Å². The van der Waals surface area contributed by atoms with Crippen LogP contribution in [0.3, 0.4) is 0 Å². The predicted molar refractivity (Wildman–Crippen MR) is 92.9 cm³/mol. The molecule has 1 aliphatic carbocycles. The highest BCUT2D eigenvalue weighted by atomic mass is 15.1. The van der Waals surface area contributed by atoms with E-state index in [1.165, 1.54) is 31.4 Å². The summed E-state index contributed by atoms with van der Waals surface area (Å²) in [6.07, 6.45) is 5.49. The van der Waals surface area contributed by atoms with E-state index in [1.807, 2.05) is 0 Å². The van der Waals surface area contributed by atoms with Gasteiger partial charge in [0.25, 0.3) is 0 Å². The molecule has 1 aromatic rings. The second kappa shape index (κ2) is 7.31. The minimum atomic E-state index is 0.423. The zero-order valence-electron chi connectivity index (χ0n) is 14.2. The van der Waals surface area contributed by atoms with Gasteiger partial charge in [-0.05, 0) is 30.9 Å². The summed E-state index contributed by atoms with van der Waals surface area (Å²) in [5.41, 5.74) is 1.76. The minimum absolute atomic E-state index is 0.423. The number of benzene rings is 1. The first kappa shape index (κ1) is 16.4. The summed E-state index contributed by atoms with van der Waals surface area (Å²) in [5.74, 6) is 0.858. The lowest BCUT2D eigenvalue weighted by Gasteiger charge is -2.43. The number of hydrogen-bond donors (Lipinski definition) is 1. The number of hydrogen-bond acceptors (Lipinski definition) is 2. The van der Waals surface area contributed by atoms with Gasteiger partial charge in [-0.1, -0.05) is 51.8 Å². The zero-order valence-corrected chi connectivity index (χ0v) is 14.2. The molecule has 1 aromatic carbocycles. The molecule has 0 heterocycles. The number of rotatable bonds is 6. The second-order valence-corrected chi connectivity index (χ2v) is 7.43. The summed E-state index contributed by atoms with van der Waals surface area (Å²) in [6.45, 7) is 9.22. The zero-order chi connectivity index (χ0) is 15.3. The van der Waals surface area contributed by atoms with Crippen LogP contribution in [-0.4, -0.2) is 26.2 Å². The molecule has 2 unspecified atom stereocenters. The molecule has 0 saturated heterocycles. The van der Waals surface area contributed by atoms with Crippen molar-refractivity contribution in [3.8, 4) is 0 Å². The fourth-order valence-electron chi connectivity index (χ4n) is 3.83. The van der Waals surface area contributed by atoms with Crippen LogP contribution in [0.15, 0.2) is 30.3 Å². The Bertz CT molecular complexity index is 415. The van der Waals surface area contributed by atoms with E-state index in [0.717, 1.165) is 19.0 Å². The molecule has 0 amide bonds. The van der Waals surface area contributed by atoms with Gasteiger partial charge in [-0.2, -0.15) is 0 Å². The van der Waals surface area contributed by atoms with Crippen molar-refractivity contribution in [1.29, 1.82) is 0 Å². The third-order valence-electron chi connectivity index (χ3n) is 4.84. The van der Waals surface area contributed by atoms with Crippen LogP contribution in [-0.2, 0) is 0 Å². The van der Waals surface area contributed by atoms with Gasteiger partial charge < -0.3 is 10.2 Å². The third-order valence-corrected chi connectivity index (χ3v) is 4.84. The van der Waals surface area contributed by atoms with Gasteiger partial charge in [0.05, 0.1) is 0 Å². The number of nitrogens with zero attached hydrogens (tertiary/aromatic N) is 1. The highest BCUT2D eigenvalue weighted by Crippen LogP contribution is 2.40. The summed E-state index contributed by atoms with van der Waals surface area (Å²) in [7, 11) is 2.24. The highest BCUT2D eigenvalue weighted by molar-refractivity contribution is 5.45. The van der Waals surface area contributed by atoms with Gasteiger partial charge in [0.1, 0.15) is 0 Å². The molecule has 0 spiro atoms. The first-order valence-electron chi connectivity index (χ1n) is 8.50. The molecule has 1 saturated carbocycles. The molecule has 2 rings (SSSR count). The topological polar surface area (TPSA) is 15.3 Å². The quantitative estimate of drug-likeness (QED) is 0.839. The van der Waals surface area contributed by atoms with Gasteiger partial charge in [-0.25, -0.2) is 0 Å². The van der Waals surface area contributed by atoms with Gasteiger partial charge in [0.15, 0.2) is 0 Å². The standard InChI is InChI=1S/C19H32N2/c1-16(2)20-14-19(12-8-9-17(3)13-19)15-21(4)18-10-6-5-7-11-18/h5-7,10-11,16-17,20H,8-9,12-15H2,1-4H3. The lowest BCUT2D eigenvalue weighted by atomic mass is 9.69. The monoisotopic (exact) mass is 288 g/mol. The smallest absolute Gasteiger partial charge is 0.0363 e. The molecule has 1 aliphatic rings. The van der Waals surface area contributed by atoms with E-state index < -0.39 is 0 Å². The molecule has 1 fully saturated rings. The number of para-hydroxylation sites is 1. The molecular weight excluding hydrogens is 256 g/mol. The molecule has 0 radical (unpaired) electrons. The van der Waals surface area contributed by atoms with Crippen LogP contribution in [0.25, 0.3) is 0 Å². The van der Waals surface area contributed by atoms with Crippen LogP contribution >= 0.6 is 0 Å². The van der Waals surface area contributed by atoms with Crippen molar-refractivity contribution >= 4 is 5.69 Å². The largest absolute Gasteiger partial charge is 0.374 e. The molecule has 0 aliphatic heterocycles. The van der Waals surface area contributed by atoms with Gasteiger partial charge in [-0.15, -0.1) is 0 Å². The second-order valence-electron chi connectivity index (χ2n) is 7.43. The molecule has 2 nitrogen and oxygen atoms in total. The van der Waals surface area contributed by atoms with Crippen LogP contribution < -0.4 is 10.2 Å². The van der Waals surface area contributed by atoms with E-state index in [1.54, 1.807) is 0 Å². The van der Waals surface area contributed by atoms with Crippen molar-refractivity contribution in [1.82, 2.24) is 5.32 Å². The summed E-state index contributed by atoms with van der Waals surface area (Å²) in [6, 6.07) is 11.4. The number of anilines is 1. The van der Waals surface area contributed by atoms with Crippen LogP contribution in [0.5, 0.6) is 0 Å². The normalized spacial score (nSPS) is 26.0. The fraction of sp³-hybridized carbons (Fsp3) is 0.684. The molecule has 0 aromatic heterocycles. The average molecular weight is 288 g/mol. The average Bonchev–Trinajstić information content (AvgIpc) is 2.46. The van der Waals surface area contributed by atoms with E-state index in [0.29, 0.717) is 11.5 Å². The van der Waals surface area contributed by atoms with Gasteiger partial charge in [0.2, 0.25) is 0 Å². The molecule has 2 atom stereocenters. The lowest BCUT2D eigenvalue weighted by Crippen LogP contribution is -2.47. The Morgan fingerprint density at radius 2 is 2.00 bits per heavy atom. The maximum atomic E-state index is 3.71. The molecular formula is C19H32N2. The molecule has 2 heteroatoms. The Kier molecular flexibility index (Phi) is 5.69. The van der Waals surface area contributed by atoms with Gasteiger partial charge in [-0.3, -0.25) is 0 Å². The summed E-state index contributed by atoms with van der Waals surface area (Å²) < 4.78 is 0. The van der Waals surface area contributed by atoms with E-state index in [4.69, 9.17) is 0 Å². The minimum Gasteiger partial charge on any atom is -0.374 e. The predicted octanol–water partition coefficient (Wildman–Crippen LogP) is 4.32. The first-order chi connectivity index (χ1) is 10.0. The molecule has 118 valence electrons. The van der Waals surface area contributed by atoms with Crippen molar-refractivity contribution < 1.29 is 0 Å². The Hall–Kier alpha value is -1.02. The van der Waals surface area contributed by atoms with E-state index in [-0.39, 0.29) is 0 Å². The van der Waals surface area contributed by atoms with Crippen molar-refractivity contribution in [2.75, 3.05) is 25.0 Å². The maximum absolute atomic E-state index is 3.71. The Labute approximate surface area is 130 Å². The Balaban J connectivity index is 2.08. The summed E-state index contributed by atoms with van der Waals surface area (Å²) >= 11 is 0. The first-order valence-corrected chi connectivity index (χ1v) is 8.50. The third kappa shape index (κ3) is 4.74. The number of nitrogens with one attached hydrogen (secondary N) is 1. The van der Waals surface area contributed by atoms with Crippen molar-refractivity contribution in [2.24, 2.45) is 11.3 Å². The molecule has 0 bridgehead atoms. The van der Waals surface area contributed by atoms with Crippen molar-refractivity contribution in [2.45, 2.75) is 52.5 Å². The molecule has 1 N–H and O–H groups in total. The highest BCUT2D eigenvalue weighted by Gasteiger charge is 2.35. The van der Waals surface area contributed by atoms with Crippen molar-refractivity contribution in [3.05, 3.63) is 30.3 Å². The Morgan fingerprint density at radius 3 is 2.62 bits per heavy atom. The van der Waals surface area contributed by atoms with Crippen LogP contribution in [0.1, 0.15) is 46.5 Å². The summed E-state index contributed by atoms with van der Waals surface area (Å²) in [4.78, 5) is 2.44. The molecule has 21 heavy (non-hydrogen) atoms. The van der Waals surface area contributed by atoms with E-state index in [2.05, 4.69) is 68.4 Å². The summed E-state index contributed by atoms with van der Waals surface area (Å²) in [5, 5.41) is 3.71. The lowest BCUT2D eigenvalue weighted by molar-refractivity contribution is 0.145. The van der Waals surface area contributed by atoms with Gasteiger partial charge in [0, 0.05) is 37.3 Å². The fourth-order valence-corrected chi connectivity index (χ4v) is 3.83. The van der Waals surface area contributed by atoms with Crippen molar-refractivity contribution in [3.63, 3.8) is 0 Å². The Morgan fingerprint density at radius 1 is 1.29 bits per heavy atom. The van der Waals surface area contributed by atoms with Crippen LogP contribution in [0.2, 0.25) is 0 Å². The van der Waals surface area contributed by atoms with Crippen LogP contribution in [0, 0.1) is 11.3 Å². The SMILES string of the molecule is CC1CCCC(CNC(C)C)(CN(C)c2ccccc2)C1. The maximum Gasteiger partial charge on any atom is 0.0363 e. The van der Waals surface area contributed by atoms with Gasteiger partial charge >= 0.3 is 0 Å².